The first-order chi connectivity index (χ1) is 18.9. The van der Waals surface area contributed by atoms with Crippen LogP contribution >= 0.6 is 11.6 Å². The number of carbonyl (C=O) groups is 3. The average molecular weight is 551 g/mol. The fourth-order valence-corrected chi connectivity index (χ4v) is 6.77. The number of ether oxygens (including phenoxy) is 2. The molecule has 10 nitrogen and oxygen atoms in total. The van der Waals surface area contributed by atoms with Gasteiger partial charge < -0.3 is 14.3 Å². The van der Waals surface area contributed by atoms with Gasteiger partial charge in [0.1, 0.15) is 6.10 Å². The Kier molecular flexibility index (Phi) is 6.50. The monoisotopic (exact) mass is 550 g/mol. The molecule has 202 valence electrons. The van der Waals surface area contributed by atoms with E-state index in [2.05, 4.69) is 15.7 Å². The van der Waals surface area contributed by atoms with Gasteiger partial charge >= 0.3 is 0 Å². The number of benzene rings is 2. The number of fused-ring (bicyclic) bond motifs is 8. The molecule has 0 unspecified atom stereocenters. The first kappa shape index (κ1) is 25.4. The molecule has 11 heteroatoms. The molecule has 2 bridgehead atoms. The first-order valence-corrected chi connectivity index (χ1v) is 13.2. The van der Waals surface area contributed by atoms with Crippen LogP contribution in [0.3, 0.4) is 0 Å². The Bertz CT molecular complexity index is 1390. The Morgan fingerprint density at radius 2 is 1.79 bits per heavy atom. The molecule has 1 N–H and O–H groups in total. The van der Waals surface area contributed by atoms with Crippen LogP contribution in [0, 0.1) is 29.6 Å². The highest BCUT2D eigenvalue weighted by Gasteiger charge is 2.70. The van der Waals surface area contributed by atoms with Gasteiger partial charge in [0.15, 0.2) is 17.2 Å². The van der Waals surface area contributed by atoms with Crippen molar-refractivity contribution in [3.8, 4) is 11.5 Å². The summed E-state index contributed by atoms with van der Waals surface area (Å²) in [5.41, 5.74) is 4.44. The number of imide groups is 1. The van der Waals surface area contributed by atoms with Crippen LogP contribution in [0.4, 0.5) is 0 Å². The number of halogens is 1. The second-order valence-corrected chi connectivity index (χ2v) is 10.6. The van der Waals surface area contributed by atoms with Crippen LogP contribution < -0.4 is 14.9 Å². The van der Waals surface area contributed by atoms with E-state index < -0.39 is 17.7 Å². The van der Waals surface area contributed by atoms with E-state index in [4.69, 9.17) is 25.9 Å². The fraction of sp³-hybridized carbons (Fsp3) is 0.393. The van der Waals surface area contributed by atoms with E-state index >= 15 is 0 Å². The molecule has 0 aromatic heterocycles. The molecule has 6 atom stereocenters. The van der Waals surface area contributed by atoms with Gasteiger partial charge in [-0.2, -0.15) is 5.10 Å². The molecule has 1 saturated heterocycles. The topological polar surface area (TPSA) is 119 Å². The summed E-state index contributed by atoms with van der Waals surface area (Å²) in [4.78, 5) is 46.9. The maximum absolute atomic E-state index is 13.5. The van der Waals surface area contributed by atoms with Crippen molar-refractivity contribution < 1.29 is 28.7 Å². The number of carbonyl (C=O) groups excluding carboxylic acids is 3. The molecular weight excluding hydrogens is 524 g/mol. The normalized spacial score (nSPS) is 28.4. The van der Waals surface area contributed by atoms with Crippen LogP contribution in [0.1, 0.15) is 17.5 Å². The zero-order chi connectivity index (χ0) is 27.3. The number of hydrogen-bond donors (Lipinski definition) is 1. The van der Waals surface area contributed by atoms with E-state index in [1.807, 2.05) is 12.1 Å². The number of amides is 3. The van der Waals surface area contributed by atoms with Gasteiger partial charge in [0.05, 0.1) is 38.2 Å². The van der Waals surface area contributed by atoms with Crippen molar-refractivity contribution in [3.05, 3.63) is 58.6 Å². The standard InChI is InChI=1S/C28H27ClN4O6/c1-37-19-8-5-14(11-20(19)38-2)9-10-33-27(35)21-17-12-18(22(21)28(33)36)25-23(17)24(32-39-25)26(34)31-30-13-15-3-6-16(29)7-4-15/h3-8,11,13,17-18,21-23,25H,9-10,12H2,1-2H3,(H,31,34)/b30-13+/t17-,18-,21-,22-,23-,25+/m1/s1. The van der Waals surface area contributed by atoms with Crippen LogP contribution in [-0.4, -0.2) is 61.4 Å². The molecule has 4 aliphatic rings. The Hall–Kier alpha value is -3.92. The summed E-state index contributed by atoms with van der Waals surface area (Å²) in [7, 11) is 3.13. The summed E-state index contributed by atoms with van der Waals surface area (Å²) < 4.78 is 10.7. The van der Waals surface area contributed by atoms with Crippen molar-refractivity contribution >= 4 is 41.2 Å². The van der Waals surface area contributed by atoms with E-state index in [0.29, 0.717) is 29.4 Å². The second kappa shape index (κ2) is 10.00. The number of rotatable bonds is 8. The molecule has 2 saturated carbocycles. The van der Waals surface area contributed by atoms with E-state index in [0.717, 1.165) is 11.1 Å². The quantitative estimate of drug-likeness (QED) is 0.307. The summed E-state index contributed by atoms with van der Waals surface area (Å²) in [5.74, 6) is -1.18. The van der Waals surface area contributed by atoms with Crippen molar-refractivity contribution in [1.29, 1.82) is 0 Å². The van der Waals surface area contributed by atoms with Gasteiger partial charge in [-0.25, -0.2) is 5.43 Å². The molecule has 2 aliphatic carbocycles. The first-order valence-electron chi connectivity index (χ1n) is 12.8. The largest absolute Gasteiger partial charge is 0.493 e. The number of hydrogen-bond acceptors (Lipinski definition) is 8. The molecule has 0 radical (unpaired) electrons. The maximum Gasteiger partial charge on any atom is 0.289 e. The van der Waals surface area contributed by atoms with E-state index in [1.54, 1.807) is 44.6 Å². The Labute approximate surface area is 229 Å². The third-order valence-corrected chi connectivity index (χ3v) is 8.59. The highest BCUT2D eigenvalue weighted by molar-refractivity contribution is 6.40. The number of oxime groups is 1. The van der Waals surface area contributed by atoms with E-state index in [-0.39, 0.29) is 47.9 Å². The van der Waals surface area contributed by atoms with Gasteiger partial charge in [-0.05, 0) is 54.2 Å². The number of methoxy groups -OCH3 is 2. The molecular formula is C28H27ClN4O6. The van der Waals surface area contributed by atoms with E-state index in [9.17, 15) is 14.4 Å². The summed E-state index contributed by atoms with van der Waals surface area (Å²) in [6.07, 6.45) is 2.27. The predicted octanol–water partition coefficient (Wildman–Crippen LogP) is 2.67. The highest BCUT2D eigenvalue weighted by Crippen LogP contribution is 2.61. The molecule has 2 heterocycles. The highest BCUT2D eigenvalue weighted by atomic mass is 35.5. The minimum absolute atomic E-state index is 0.154. The smallest absolute Gasteiger partial charge is 0.289 e. The third-order valence-electron chi connectivity index (χ3n) is 8.34. The van der Waals surface area contributed by atoms with Gasteiger partial charge in [-0.15, -0.1) is 0 Å². The van der Waals surface area contributed by atoms with Crippen molar-refractivity contribution in [3.63, 3.8) is 0 Å². The zero-order valence-electron chi connectivity index (χ0n) is 21.4. The molecule has 6 rings (SSSR count). The van der Waals surface area contributed by atoms with E-state index in [1.165, 1.54) is 11.1 Å². The molecule has 39 heavy (non-hydrogen) atoms. The van der Waals surface area contributed by atoms with Gasteiger partial charge in [-0.1, -0.05) is 35.0 Å². The number of nitrogens with one attached hydrogen (secondary N) is 1. The zero-order valence-corrected chi connectivity index (χ0v) is 22.1. The summed E-state index contributed by atoms with van der Waals surface area (Å²) in [6, 6.07) is 12.6. The van der Waals surface area contributed by atoms with Crippen molar-refractivity contribution in [1.82, 2.24) is 10.3 Å². The van der Waals surface area contributed by atoms with Crippen LogP contribution in [0.2, 0.25) is 5.02 Å². The van der Waals surface area contributed by atoms with Crippen LogP contribution in [0.15, 0.2) is 52.7 Å². The molecule has 3 amide bonds. The lowest BCUT2D eigenvalue weighted by Crippen LogP contribution is -2.44. The Morgan fingerprint density at radius 1 is 1.08 bits per heavy atom. The minimum Gasteiger partial charge on any atom is -0.493 e. The number of nitrogens with zero attached hydrogens (tertiary/aromatic N) is 3. The summed E-state index contributed by atoms with van der Waals surface area (Å²) in [6.45, 7) is 0.274. The molecule has 2 aromatic rings. The summed E-state index contributed by atoms with van der Waals surface area (Å²) in [5, 5.41) is 8.69. The second-order valence-electron chi connectivity index (χ2n) is 10.2. The van der Waals surface area contributed by atoms with Crippen LogP contribution in [0.5, 0.6) is 11.5 Å². The SMILES string of the molecule is COc1ccc(CCN2C(=O)[C@@H]3[C@H]4C[C@@H]([C@@H]5ON=C(C(=O)N/N=C/c6ccc(Cl)cc6)[C@@H]45)[C@H]3C2=O)cc1OC. The van der Waals surface area contributed by atoms with Gasteiger partial charge in [0.25, 0.3) is 5.91 Å². The van der Waals surface area contributed by atoms with Crippen LogP contribution in [-0.2, 0) is 25.6 Å². The van der Waals surface area contributed by atoms with Gasteiger partial charge in [0.2, 0.25) is 11.8 Å². The van der Waals surface area contributed by atoms with Crippen molar-refractivity contribution in [2.24, 2.45) is 39.8 Å². The number of likely N-dealkylation sites (tertiary alicyclic amines) is 1. The van der Waals surface area contributed by atoms with Crippen LogP contribution in [0.25, 0.3) is 0 Å². The lowest BCUT2D eigenvalue weighted by Gasteiger charge is -2.29. The van der Waals surface area contributed by atoms with Crippen molar-refractivity contribution in [2.75, 3.05) is 20.8 Å². The lowest BCUT2D eigenvalue weighted by atomic mass is 9.72. The molecule has 3 fully saturated rings. The molecule has 2 aromatic carbocycles. The Morgan fingerprint density at radius 3 is 2.51 bits per heavy atom. The lowest BCUT2D eigenvalue weighted by molar-refractivity contribution is -0.141. The summed E-state index contributed by atoms with van der Waals surface area (Å²) >= 11 is 5.90. The minimum atomic E-state index is -0.473. The third kappa shape index (κ3) is 4.23. The fourth-order valence-electron chi connectivity index (χ4n) is 6.64. The number of hydrazone groups is 1. The molecule has 2 aliphatic heterocycles. The van der Waals surface area contributed by atoms with Gasteiger partial charge in [-0.3, -0.25) is 19.3 Å². The molecule has 0 spiro atoms. The predicted molar refractivity (Wildman–Crippen MR) is 142 cm³/mol. The average Bonchev–Trinajstić information content (AvgIpc) is 3.69. The maximum atomic E-state index is 13.5. The van der Waals surface area contributed by atoms with Crippen molar-refractivity contribution in [2.45, 2.75) is 18.9 Å². The Balaban J connectivity index is 1.12. The van der Waals surface area contributed by atoms with Gasteiger partial charge in [0, 0.05) is 17.5 Å².